The number of ether oxygens (including phenoxy) is 4. The van der Waals surface area contributed by atoms with Crippen molar-refractivity contribution < 1.29 is 77.6 Å². The smallest absolute Gasteiger partial charge is 0.477 e. The zero-order valence-corrected chi connectivity index (χ0v) is 45.8. The van der Waals surface area contributed by atoms with Crippen LogP contribution in [0.2, 0.25) is 26.2 Å². The van der Waals surface area contributed by atoms with E-state index >= 15 is 0 Å². The fourth-order valence-electron chi connectivity index (χ4n) is 3.41. The van der Waals surface area contributed by atoms with Gasteiger partial charge in [-0.15, -0.1) is 56.7 Å². The largest absolute Gasteiger partial charge is 1.00 e. The molecule has 0 aromatic carbocycles. The number of aromatic carboxylic acids is 1. The number of aryl methyl sites for hydroxylation is 3. The maximum atomic E-state index is 11.0. The fraction of sp³-hybridized carbons (Fsp3) is 0.359. The summed E-state index contributed by atoms with van der Waals surface area (Å²) in [4.78, 5) is 66.3. The van der Waals surface area contributed by atoms with Crippen LogP contribution in [0.4, 0.5) is 0 Å². The van der Waals surface area contributed by atoms with E-state index in [2.05, 4.69) is 78.0 Å². The van der Waals surface area contributed by atoms with Crippen LogP contribution in [0.15, 0.2) is 65.8 Å². The summed E-state index contributed by atoms with van der Waals surface area (Å²) in [5.41, 5.74) is 21.6. The van der Waals surface area contributed by atoms with Crippen LogP contribution < -0.4 is 29.6 Å². The molecule has 63 heavy (non-hydrogen) atoms. The number of nitrogens with zero attached hydrogens (tertiary/aromatic N) is 6. The Bertz CT molecular complexity index is 2140. The van der Waals surface area contributed by atoms with Crippen molar-refractivity contribution >= 4 is 111 Å². The molecule has 16 nitrogen and oxygen atoms in total. The second-order valence-corrected chi connectivity index (χ2v) is 25.5. The molecule has 0 radical (unpaired) electrons. The number of hydrogen-bond acceptors (Lipinski definition) is 15. The second-order valence-electron chi connectivity index (χ2n) is 12.9. The fourth-order valence-corrected chi connectivity index (χ4v) is 7.91. The number of hydrogen-bond donors (Lipinski definition) is 1. The number of methoxy groups -OCH3 is 4. The molecule has 0 amide bonds. The van der Waals surface area contributed by atoms with E-state index in [1.807, 2.05) is 32.0 Å². The molecule has 5 rings (SSSR count). The van der Waals surface area contributed by atoms with E-state index in [0.29, 0.717) is 24.4 Å². The topological polar surface area (TPSA) is 250 Å². The van der Waals surface area contributed by atoms with Gasteiger partial charge in [0.2, 0.25) is 0 Å². The Balaban J connectivity index is -0.000000684. The molecule has 0 aliphatic rings. The molecule has 0 aliphatic carbocycles. The summed E-state index contributed by atoms with van der Waals surface area (Å²) >= 11 is 10.2. The monoisotopic (exact) mass is 1050 g/mol. The number of rotatable bonds is 9. The number of carbonyl (C=O) groups excluding carboxylic acids is 4. The zero-order valence-electron chi connectivity index (χ0n) is 37.1. The van der Waals surface area contributed by atoms with E-state index in [4.69, 9.17) is 21.7 Å². The van der Waals surface area contributed by atoms with Gasteiger partial charge in [0.15, 0.2) is 0 Å². The minimum Gasteiger partial charge on any atom is -0.477 e. The van der Waals surface area contributed by atoms with E-state index in [9.17, 15) is 24.0 Å². The molecule has 0 bridgehead atoms. The van der Waals surface area contributed by atoms with Gasteiger partial charge >= 0.3 is 59.4 Å². The predicted molar refractivity (Wildman–Crippen MR) is 258 cm³/mol. The van der Waals surface area contributed by atoms with Gasteiger partial charge in [0, 0.05) is 42.7 Å². The van der Waals surface area contributed by atoms with Crippen LogP contribution in [0.3, 0.4) is 0 Å². The van der Waals surface area contributed by atoms with Crippen LogP contribution in [0.5, 0.6) is 0 Å². The van der Waals surface area contributed by atoms with Crippen LogP contribution in [0.1, 0.15) is 79.7 Å². The maximum Gasteiger partial charge on any atom is 1.00 e. The van der Waals surface area contributed by atoms with Crippen LogP contribution in [0, 0.1) is 13.8 Å². The molecule has 0 fully saturated rings. The third-order valence-corrected chi connectivity index (χ3v) is 12.3. The van der Waals surface area contributed by atoms with Gasteiger partial charge in [-0.05, 0) is 86.5 Å². The zero-order chi connectivity index (χ0) is 47.8. The SMILES string of the molecule is CCc1ccc(C(=O)OC)s1.COC(=O)c1ccc(C)s1.COC(=O)c1ccc(CBr)s1.COC(=O)c1ccc(CN=[N+]=[N-])s1.C[Si](C)(C)C.Cc1ccc(C(=O)O)s1.[N-]=[N+]=[N-].[Na+]. The number of thiophene rings is 5. The first-order valence-electron chi connectivity index (χ1n) is 17.7. The predicted octanol–water partition coefficient (Wildman–Crippen LogP) is 10.3. The molecule has 0 atom stereocenters. The summed E-state index contributed by atoms with van der Waals surface area (Å²) in [6, 6.07) is 17.9. The Morgan fingerprint density at radius 2 is 0.905 bits per heavy atom. The molecule has 5 aromatic heterocycles. The molecule has 5 aromatic rings. The molecule has 0 saturated heterocycles. The number of azide groups is 1. The van der Waals surface area contributed by atoms with Crippen molar-refractivity contribution in [2.24, 2.45) is 5.11 Å². The molecular weight excluding hydrogens is 1000 g/mol. The van der Waals surface area contributed by atoms with Crippen LogP contribution in [0.25, 0.3) is 26.4 Å². The van der Waals surface area contributed by atoms with E-state index < -0.39 is 14.0 Å². The quantitative estimate of drug-likeness (QED) is 0.0278. The third-order valence-electron chi connectivity index (χ3n) is 5.99. The average molecular weight is 1050 g/mol. The Morgan fingerprint density at radius 3 is 1.16 bits per heavy atom. The van der Waals surface area contributed by atoms with Crippen molar-refractivity contribution in [3.63, 3.8) is 0 Å². The second kappa shape index (κ2) is 36.5. The van der Waals surface area contributed by atoms with Crippen LogP contribution in [-0.4, -0.2) is 71.5 Å². The third kappa shape index (κ3) is 30.8. The van der Waals surface area contributed by atoms with Gasteiger partial charge in [0.25, 0.3) is 0 Å². The summed E-state index contributed by atoms with van der Waals surface area (Å²) in [6.45, 7) is 15.5. The van der Waals surface area contributed by atoms with Gasteiger partial charge < -0.3 is 35.1 Å². The molecule has 338 valence electrons. The van der Waals surface area contributed by atoms with E-state index in [-0.39, 0.29) is 60.0 Å². The van der Waals surface area contributed by atoms with Crippen molar-refractivity contribution in [3.05, 3.63) is 136 Å². The number of carboxylic acids is 1. The van der Waals surface area contributed by atoms with Crippen molar-refractivity contribution in [2.45, 2.75) is 65.3 Å². The normalized spacial score (nSPS) is 9.14. The number of carboxylic acid groups (broad SMARTS) is 1. The van der Waals surface area contributed by atoms with E-state index in [0.717, 1.165) is 31.3 Å². The number of halogens is 1. The Kier molecular flexibility index (Phi) is 36.8. The van der Waals surface area contributed by atoms with Gasteiger partial charge in [-0.25, -0.2) is 24.0 Å². The molecule has 0 spiro atoms. The summed E-state index contributed by atoms with van der Waals surface area (Å²) in [5, 5.41) is 12.6. The Morgan fingerprint density at radius 1 is 0.603 bits per heavy atom. The average Bonchev–Trinajstić information content (AvgIpc) is 4.11. The molecule has 1 N–H and O–H groups in total. The number of esters is 4. The van der Waals surface area contributed by atoms with Gasteiger partial charge in [-0.3, -0.25) is 4.91 Å². The molecular formula is C39H50BrN6NaO10S5Si. The van der Waals surface area contributed by atoms with Gasteiger partial charge in [0.1, 0.15) is 24.4 Å². The van der Waals surface area contributed by atoms with Gasteiger partial charge in [-0.2, -0.15) is 0 Å². The Labute approximate surface area is 419 Å². The summed E-state index contributed by atoms with van der Waals surface area (Å²) in [5.74, 6) is -1.96. The minimum absolute atomic E-state index is 0. The molecule has 0 aliphatic heterocycles. The standard InChI is InChI=1S/C8H10O2S.C7H7BrO2S.C7H7N3O2S.C7H8O2S.C6H6O2S.C4H12Si.N3.Na/c1-3-6-4-5-7(11-6)8(9)10-2;1-10-7(9)6-3-2-5(4-8)11-6;1-12-7(11)6-3-2-5(13-6)4-9-10-8;1-5-3-4-6(10-5)7(8)9-2;1-4-2-3-5(9-4)6(7)8;1-5(2,3)4;1-3-2;/h4-5H,3H2,1-2H3;2-3H,4H2,1H3;2-3H,4H2,1H3;3-4H,1-2H3;2-3H,1H3,(H,7,8);1-4H3;;/q;;;;;;-1;+1. The summed E-state index contributed by atoms with van der Waals surface area (Å²) < 4.78 is 18.2. The first-order valence-corrected chi connectivity index (χ1v) is 26.9. The Hall–Kier alpha value is -3.83. The maximum absolute atomic E-state index is 11.0. The van der Waals surface area contributed by atoms with Crippen LogP contribution in [-0.2, 0) is 37.2 Å². The first kappa shape index (κ1) is 63.5. The van der Waals surface area contributed by atoms with E-state index in [1.165, 1.54) is 94.9 Å². The van der Waals surface area contributed by atoms with Crippen molar-refractivity contribution in [1.82, 2.24) is 0 Å². The molecule has 0 saturated carbocycles. The van der Waals surface area contributed by atoms with Crippen molar-refractivity contribution in [1.29, 1.82) is 0 Å². The molecule has 5 heterocycles. The minimum atomic E-state index is -0.840. The van der Waals surface area contributed by atoms with Crippen LogP contribution >= 0.6 is 72.6 Å². The van der Waals surface area contributed by atoms with Gasteiger partial charge in [0.05, 0.1) is 35.0 Å². The van der Waals surface area contributed by atoms with E-state index in [1.54, 1.807) is 42.5 Å². The molecule has 24 heteroatoms. The molecule has 0 unspecified atom stereocenters. The number of carbonyl (C=O) groups is 5. The summed E-state index contributed by atoms with van der Waals surface area (Å²) in [6.07, 6.45) is 0.974. The van der Waals surface area contributed by atoms with Crippen molar-refractivity contribution in [2.75, 3.05) is 28.4 Å². The van der Waals surface area contributed by atoms with Crippen molar-refractivity contribution in [3.8, 4) is 0 Å². The summed E-state index contributed by atoms with van der Waals surface area (Å²) in [7, 11) is 4.88. The number of alkyl halides is 1. The first-order chi connectivity index (χ1) is 29.2. The van der Waals surface area contributed by atoms with Gasteiger partial charge in [-0.1, -0.05) is 54.2 Å².